The first-order chi connectivity index (χ1) is 22.0. The maximum atomic E-state index is 2.40. The minimum atomic E-state index is -0.0191. The van der Waals surface area contributed by atoms with E-state index in [0.29, 0.717) is 0 Å². The van der Waals surface area contributed by atoms with Gasteiger partial charge in [-0.3, -0.25) is 0 Å². The van der Waals surface area contributed by atoms with Crippen LogP contribution in [0.2, 0.25) is 0 Å². The Morgan fingerprint density at radius 2 is 1.09 bits per heavy atom. The monoisotopic (exact) mass is 593 g/mol. The summed E-state index contributed by atoms with van der Waals surface area (Å²) in [6, 6.07) is 56.0. The van der Waals surface area contributed by atoms with Crippen molar-refractivity contribution < 1.29 is 0 Å². The molecule has 214 valence electrons. The zero-order valence-corrected chi connectivity index (χ0v) is 26.1. The van der Waals surface area contributed by atoms with Crippen molar-refractivity contribution >= 4 is 59.3 Å². The van der Waals surface area contributed by atoms with Crippen molar-refractivity contribution in [3.05, 3.63) is 163 Å². The molecule has 7 aromatic carbocycles. The Morgan fingerprint density at radius 3 is 1.98 bits per heavy atom. The molecule has 0 unspecified atom stereocenters. The van der Waals surface area contributed by atoms with Gasteiger partial charge in [0.2, 0.25) is 0 Å². The second kappa shape index (κ2) is 9.92. The fraction of sp³-hybridized carbons (Fsp3) is 0.0698. The highest BCUT2D eigenvalue weighted by molar-refractivity contribution is 7.25. The number of hydrogen-bond acceptors (Lipinski definition) is 2. The lowest BCUT2D eigenvalue weighted by Crippen LogP contribution is -2.15. The average molecular weight is 594 g/mol. The highest BCUT2D eigenvalue weighted by atomic mass is 32.1. The molecule has 1 aliphatic rings. The second-order valence-electron chi connectivity index (χ2n) is 12.6. The molecule has 1 aliphatic carbocycles. The maximum Gasteiger partial charge on any atom is 0.0468 e. The summed E-state index contributed by atoms with van der Waals surface area (Å²) in [5.74, 6) is 0. The summed E-state index contributed by atoms with van der Waals surface area (Å²) in [5.41, 5.74) is 11.3. The molecule has 0 fully saturated rings. The summed E-state index contributed by atoms with van der Waals surface area (Å²) in [6.07, 6.45) is 0. The second-order valence-corrected chi connectivity index (χ2v) is 13.7. The van der Waals surface area contributed by atoms with E-state index in [-0.39, 0.29) is 5.41 Å². The van der Waals surface area contributed by atoms with Gasteiger partial charge in [0.15, 0.2) is 0 Å². The number of benzene rings is 7. The van der Waals surface area contributed by atoms with Crippen LogP contribution in [-0.2, 0) is 5.41 Å². The standard InChI is InChI=1S/C43H31NS/c1-43(2)39-13-7-5-11-35(39)37-27-34(22-23-40(37)43)44(33-21-17-28-9-3-4-10-30(28)25-33)32-19-15-29(16-20-32)31-18-24-42-38(26-31)36-12-6-8-14-41(36)45-42/h3-27H,1-2H3. The first-order valence-corrected chi connectivity index (χ1v) is 16.4. The van der Waals surface area contributed by atoms with E-state index in [1.165, 1.54) is 64.3 Å². The van der Waals surface area contributed by atoms with Crippen molar-refractivity contribution in [1.82, 2.24) is 0 Å². The molecule has 0 saturated heterocycles. The number of thiophene rings is 1. The van der Waals surface area contributed by atoms with E-state index in [0.717, 1.165) is 17.1 Å². The molecular formula is C43H31NS. The summed E-state index contributed by atoms with van der Waals surface area (Å²) in [4.78, 5) is 2.40. The largest absolute Gasteiger partial charge is 0.310 e. The van der Waals surface area contributed by atoms with Crippen molar-refractivity contribution in [2.24, 2.45) is 0 Å². The van der Waals surface area contributed by atoms with Crippen LogP contribution in [0.5, 0.6) is 0 Å². The average Bonchev–Trinajstić information content (AvgIpc) is 3.57. The van der Waals surface area contributed by atoms with E-state index in [1.54, 1.807) is 0 Å². The predicted octanol–water partition coefficient (Wildman–Crippen LogP) is 12.7. The zero-order chi connectivity index (χ0) is 30.1. The smallest absolute Gasteiger partial charge is 0.0468 e. The van der Waals surface area contributed by atoms with Crippen LogP contribution in [0.3, 0.4) is 0 Å². The molecule has 0 amide bonds. The van der Waals surface area contributed by atoms with Crippen LogP contribution in [-0.4, -0.2) is 0 Å². The molecule has 9 rings (SSSR count). The van der Waals surface area contributed by atoms with Crippen LogP contribution in [0, 0.1) is 0 Å². The SMILES string of the molecule is CC1(C)c2ccccc2-c2cc(N(c3ccc(-c4ccc5sc6ccccc6c5c4)cc3)c3ccc4ccccc4c3)ccc21. The molecule has 0 saturated carbocycles. The Morgan fingerprint density at radius 1 is 0.444 bits per heavy atom. The first kappa shape index (κ1) is 26.2. The predicted molar refractivity (Wildman–Crippen MR) is 195 cm³/mol. The molecule has 0 N–H and O–H groups in total. The zero-order valence-electron chi connectivity index (χ0n) is 25.3. The van der Waals surface area contributed by atoms with E-state index in [2.05, 4.69) is 170 Å². The fourth-order valence-corrected chi connectivity index (χ4v) is 8.41. The summed E-state index contributed by atoms with van der Waals surface area (Å²) < 4.78 is 2.67. The van der Waals surface area contributed by atoms with Gasteiger partial charge in [-0.05, 0) is 98.8 Å². The molecule has 0 aliphatic heterocycles. The van der Waals surface area contributed by atoms with Gasteiger partial charge >= 0.3 is 0 Å². The fourth-order valence-electron chi connectivity index (χ4n) is 7.32. The minimum Gasteiger partial charge on any atom is -0.310 e. The highest BCUT2D eigenvalue weighted by Crippen LogP contribution is 2.50. The third-order valence-corrected chi connectivity index (χ3v) is 10.8. The molecule has 1 heterocycles. The third kappa shape index (κ3) is 4.13. The van der Waals surface area contributed by atoms with Crippen LogP contribution in [0.1, 0.15) is 25.0 Å². The van der Waals surface area contributed by atoms with Gasteiger partial charge in [0.1, 0.15) is 0 Å². The van der Waals surface area contributed by atoms with E-state index in [9.17, 15) is 0 Å². The maximum absolute atomic E-state index is 2.40. The molecule has 0 bridgehead atoms. The van der Waals surface area contributed by atoms with Crippen molar-refractivity contribution in [2.75, 3.05) is 4.90 Å². The number of hydrogen-bond donors (Lipinski definition) is 0. The third-order valence-electron chi connectivity index (χ3n) is 9.65. The summed E-state index contributed by atoms with van der Waals surface area (Å²) in [6.45, 7) is 4.68. The van der Waals surface area contributed by atoms with E-state index in [4.69, 9.17) is 0 Å². The lowest BCUT2D eigenvalue weighted by Gasteiger charge is -2.27. The number of anilines is 3. The molecule has 0 spiro atoms. The molecule has 8 aromatic rings. The van der Waals surface area contributed by atoms with Gasteiger partial charge in [0.25, 0.3) is 0 Å². The van der Waals surface area contributed by atoms with E-state index < -0.39 is 0 Å². The highest BCUT2D eigenvalue weighted by Gasteiger charge is 2.35. The van der Waals surface area contributed by atoms with Crippen LogP contribution in [0.4, 0.5) is 17.1 Å². The van der Waals surface area contributed by atoms with Gasteiger partial charge in [0, 0.05) is 42.6 Å². The van der Waals surface area contributed by atoms with E-state index >= 15 is 0 Å². The van der Waals surface area contributed by atoms with Crippen LogP contribution in [0.25, 0.3) is 53.2 Å². The summed E-state index contributed by atoms with van der Waals surface area (Å²) in [7, 11) is 0. The number of nitrogens with zero attached hydrogens (tertiary/aromatic N) is 1. The molecule has 0 radical (unpaired) electrons. The van der Waals surface area contributed by atoms with Crippen LogP contribution in [0.15, 0.2) is 152 Å². The lowest BCUT2D eigenvalue weighted by atomic mass is 9.82. The normalized spacial score (nSPS) is 13.3. The van der Waals surface area contributed by atoms with Crippen molar-refractivity contribution in [3.63, 3.8) is 0 Å². The Hall–Kier alpha value is -5.18. The minimum absolute atomic E-state index is 0.0191. The number of rotatable bonds is 4. The van der Waals surface area contributed by atoms with Gasteiger partial charge < -0.3 is 4.90 Å². The Balaban J connectivity index is 1.18. The molecule has 1 aromatic heterocycles. The quantitative estimate of drug-likeness (QED) is 0.196. The van der Waals surface area contributed by atoms with Gasteiger partial charge in [0.05, 0.1) is 0 Å². The molecule has 1 nitrogen and oxygen atoms in total. The van der Waals surface area contributed by atoms with Gasteiger partial charge in [-0.2, -0.15) is 0 Å². The van der Waals surface area contributed by atoms with Gasteiger partial charge in [-0.25, -0.2) is 0 Å². The number of fused-ring (bicyclic) bond motifs is 7. The van der Waals surface area contributed by atoms with Crippen molar-refractivity contribution in [3.8, 4) is 22.3 Å². The first-order valence-electron chi connectivity index (χ1n) is 15.6. The van der Waals surface area contributed by atoms with E-state index in [1.807, 2.05) is 11.3 Å². The van der Waals surface area contributed by atoms with Gasteiger partial charge in [-0.15, -0.1) is 11.3 Å². The lowest BCUT2D eigenvalue weighted by molar-refractivity contribution is 0.660. The molecule has 0 atom stereocenters. The van der Waals surface area contributed by atoms with Crippen molar-refractivity contribution in [1.29, 1.82) is 0 Å². The molecule has 2 heteroatoms. The summed E-state index contributed by atoms with van der Waals surface area (Å²) in [5, 5.41) is 5.15. The topological polar surface area (TPSA) is 3.24 Å². The summed E-state index contributed by atoms with van der Waals surface area (Å²) >= 11 is 1.87. The molecular weight excluding hydrogens is 563 g/mol. The van der Waals surface area contributed by atoms with Gasteiger partial charge in [-0.1, -0.05) is 111 Å². The van der Waals surface area contributed by atoms with Crippen LogP contribution < -0.4 is 4.90 Å². The van der Waals surface area contributed by atoms with Crippen LogP contribution >= 0.6 is 11.3 Å². The Kier molecular flexibility index (Phi) is 5.78. The Labute approximate surface area is 267 Å². The Bertz CT molecular complexity index is 2410. The molecule has 45 heavy (non-hydrogen) atoms. The van der Waals surface area contributed by atoms with Crippen molar-refractivity contribution in [2.45, 2.75) is 19.3 Å².